The zero-order valence-corrected chi connectivity index (χ0v) is 11.2. The molecule has 0 heterocycles. The van der Waals surface area contributed by atoms with Gasteiger partial charge in [0, 0.05) is 13.1 Å². The maximum atomic E-state index is 11.8. The highest BCUT2D eigenvalue weighted by molar-refractivity contribution is 5.85. The van der Waals surface area contributed by atoms with Gasteiger partial charge in [-0.05, 0) is 18.9 Å². The van der Waals surface area contributed by atoms with E-state index in [1.54, 1.807) is 6.92 Å². The maximum absolute atomic E-state index is 11.8. The lowest BCUT2D eigenvalue weighted by atomic mass is 10.2. The second kappa shape index (κ2) is 8.09. The first-order valence-corrected chi connectivity index (χ1v) is 5.73. The Kier molecular flexibility index (Phi) is 7.59. The van der Waals surface area contributed by atoms with Gasteiger partial charge in [-0.15, -0.1) is 12.4 Å². The number of carbonyl (C=O) groups excluding carboxylic acids is 1. The largest absolute Gasteiger partial charge is 0.337 e. The Hall–Kier alpha value is -1.06. The van der Waals surface area contributed by atoms with Crippen LogP contribution in [-0.2, 0) is 11.3 Å². The van der Waals surface area contributed by atoms with Crippen molar-refractivity contribution in [2.75, 3.05) is 6.54 Å². The summed E-state index contributed by atoms with van der Waals surface area (Å²) in [5, 5.41) is 0. The third kappa shape index (κ3) is 5.20. The molecule has 4 heteroatoms. The normalized spacial score (nSPS) is 11.5. The first-order valence-electron chi connectivity index (χ1n) is 5.73. The number of amides is 1. The molecule has 0 aliphatic heterocycles. The van der Waals surface area contributed by atoms with Gasteiger partial charge in [-0.3, -0.25) is 4.79 Å². The van der Waals surface area contributed by atoms with Crippen LogP contribution < -0.4 is 5.73 Å². The minimum atomic E-state index is -0.421. The van der Waals surface area contributed by atoms with Gasteiger partial charge in [-0.25, -0.2) is 0 Å². The van der Waals surface area contributed by atoms with Crippen molar-refractivity contribution in [3.05, 3.63) is 35.9 Å². The standard InChI is InChI=1S/C13H20N2O.ClH/c1-3-9-15(13(16)11(2)14)10-12-7-5-4-6-8-12;/h4-8,11H,3,9-10,14H2,1-2H3;1H. The van der Waals surface area contributed by atoms with Crippen LogP contribution in [0.2, 0.25) is 0 Å². The number of rotatable bonds is 5. The molecule has 17 heavy (non-hydrogen) atoms. The molecule has 96 valence electrons. The highest BCUT2D eigenvalue weighted by atomic mass is 35.5. The molecule has 1 amide bonds. The number of hydrogen-bond acceptors (Lipinski definition) is 2. The van der Waals surface area contributed by atoms with Gasteiger partial charge in [0.25, 0.3) is 0 Å². The molecule has 0 aliphatic rings. The second-order valence-electron chi connectivity index (χ2n) is 4.03. The summed E-state index contributed by atoms with van der Waals surface area (Å²) in [5.41, 5.74) is 6.77. The summed E-state index contributed by atoms with van der Waals surface area (Å²) in [6.07, 6.45) is 0.950. The Labute approximate surface area is 109 Å². The third-order valence-corrected chi connectivity index (χ3v) is 2.41. The van der Waals surface area contributed by atoms with Crippen LogP contribution >= 0.6 is 12.4 Å². The van der Waals surface area contributed by atoms with E-state index in [9.17, 15) is 4.79 Å². The average molecular weight is 257 g/mol. The van der Waals surface area contributed by atoms with Crippen molar-refractivity contribution in [1.82, 2.24) is 4.90 Å². The van der Waals surface area contributed by atoms with Crippen LogP contribution in [0.15, 0.2) is 30.3 Å². The van der Waals surface area contributed by atoms with E-state index < -0.39 is 6.04 Å². The smallest absolute Gasteiger partial charge is 0.239 e. The van der Waals surface area contributed by atoms with E-state index in [-0.39, 0.29) is 18.3 Å². The summed E-state index contributed by atoms with van der Waals surface area (Å²) in [6.45, 7) is 5.20. The summed E-state index contributed by atoms with van der Waals surface area (Å²) in [4.78, 5) is 13.7. The second-order valence-corrected chi connectivity index (χ2v) is 4.03. The van der Waals surface area contributed by atoms with Gasteiger partial charge in [0.1, 0.15) is 0 Å². The molecule has 3 nitrogen and oxygen atoms in total. The van der Waals surface area contributed by atoms with Crippen LogP contribution in [-0.4, -0.2) is 23.4 Å². The first-order chi connectivity index (χ1) is 7.65. The van der Waals surface area contributed by atoms with Gasteiger partial charge < -0.3 is 10.6 Å². The molecule has 0 aromatic heterocycles. The molecule has 0 saturated heterocycles. The quantitative estimate of drug-likeness (QED) is 0.878. The molecule has 0 bridgehead atoms. The Morgan fingerprint density at radius 1 is 1.35 bits per heavy atom. The molecule has 0 spiro atoms. The molecule has 1 rings (SSSR count). The topological polar surface area (TPSA) is 46.3 Å². The summed E-state index contributed by atoms with van der Waals surface area (Å²) in [7, 11) is 0. The number of hydrogen-bond donors (Lipinski definition) is 1. The zero-order chi connectivity index (χ0) is 12.0. The number of nitrogens with zero attached hydrogens (tertiary/aromatic N) is 1. The SMILES string of the molecule is CCCN(Cc1ccccc1)C(=O)C(C)N.Cl. The van der Waals surface area contributed by atoms with Crippen LogP contribution in [0, 0.1) is 0 Å². The minimum Gasteiger partial charge on any atom is -0.337 e. The van der Waals surface area contributed by atoms with E-state index in [0.29, 0.717) is 6.54 Å². The Morgan fingerprint density at radius 2 is 1.94 bits per heavy atom. The van der Waals surface area contributed by atoms with Crippen molar-refractivity contribution >= 4 is 18.3 Å². The Bertz CT molecular complexity index is 327. The fourth-order valence-corrected chi connectivity index (χ4v) is 1.63. The van der Waals surface area contributed by atoms with Gasteiger partial charge in [0.2, 0.25) is 5.91 Å². The van der Waals surface area contributed by atoms with E-state index in [1.807, 2.05) is 35.2 Å². The van der Waals surface area contributed by atoms with Crippen molar-refractivity contribution < 1.29 is 4.79 Å². The van der Waals surface area contributed by atoms with Crippen LogP contribution in [0.1, 0.15) is 25.8 Å². The minimum absolute atomic E-state index is 0. The molecule has 0 saturated carbocycles. The van der Waals surface area contributed by atoms with E-state index in [2.05, 4.69) is 6.92 Å². The van der Waals surface area contributed by atoms with Gasteiger partial charge in [-0.2, -0.15) is 0 Å². The summed E-state index contributed by atoms with van der Waals surface area (Å²) < 4.78 is 0. The highest BCUT2D eigenvalue weighted by Gasteiger charge is 2.16. The van der Waals surface area contributed by atoms with Crippen LogP contribution in [0.4, 0.5) is 0 Å². The predicted octanol–water partition coefficient (Wildman–Crippen LogP) is 2.19. The summed E-state index contributed by atoms with van der Waals surface area (Å²) in [6, 6.07) is 9.57. The fraction of sp³-hybridized carbons (Fsp3) is 0.462. The molecule has 1 aromatic carbocycles. The van der Waals surface area contributed by atoms with E-state index in [1.165, 1.54) is 0 Å². The van der Waals surface area contributed by atoms with Crippen molar-refractivity contribution in [2.24, 2.45) is 5.73 Å². The monoisotopic (exact) mass is 256 g/mol. The van der Waals surface area contributed by atoms with Crippen molar-refractivity contribution in [3.63, 3.8) is 0 Å². The van der Waals surface area contributed by atoms with Gasteiger partial charge in [0.05, 0.1) is 6.04 Å². The van der Waals surface area contributed by atoms with E-state index >= 15 is 0 Å². The maximum Gasteiger partial charge on any atom is 0.239 e. The van der Waals surface area contributed by atoms with Crippen molar-refractivity contribution in [1.29, 1.82) is 0 Å². The van der Waals surface area contributed by atoms with Gasteiger partial charge in [-0.1, -0.05) is 37.3 Å². The van der Waals surface area contributed by atoms with Crippen molar-refractivity contribution in [2.45, 2.75) is 32.9 Å². The van der Waals surface area contributed by atoms with Crippen LogP contribution in [0.5, 0.6) is 0 Å². The number of nitrogens with two attached hydrogens (primary N) is 1. The molecular formula is C13H21ClN2O. The molecule has 1 atom stereocenters. The number of carbonyl (C=O) groups is 1. The molecule has 2 N–H and O–H groups in total. The van der Waals surface area contributed by atoms with Gasteiger partial charge >= 0.3 is 0 Å². The van der Waals surface area contributed by atoms with Crippen LogP contribution in [0.3, 0.4) is 0 Å². The number of benzene rings is 1. The molecule has 1 aromatic rings. The van der Waals surface area contributed by atoms with Gasteiger partial charge in [0.15, 0.2) is 0 Å². The zero-order valence-electron chi connectivity index (χ0n) is 10.4. The molecular weight excluding hydrogens is 236 g/mol. The Morgan fingerprint density at radius 3 is 2.41 bits per heavy atom. The highest BCUT2D eigenvalue weighted by Crippen LogP contribution is 2.06. The van der Waals surface area contributed by atoms with Crippen LogP contribution in [0.25, 0.3) is 0 Å². The third-order valence-electron chi connectivity index (χ3n) is 2.41. The lowest BCUT2D eigenvalue weighted by molar-refractivity contribution is -0.132. The van der Waals surface area contributed by atoms with Crippen molar-refractivity contribution in [3.8, 4) is 0 Å². The molecule has 1 unspecified atom stereocenters. The summed E-state index contributed by atoms with van der Waals surface area (Å²) in [5.74, 6) is 0.0192. The molecule has 0 aliphatic carbocycles. The fourth-order valence-electron chi connectivity index (χ4n) is 1.63. The lowest BCUT2D eigenvalue weighted by Gasteiger charge is -2.24. The molecule has 0 fully saturated rings. The van der Waals surface area contributed by atoms with E-state index in [4.69, 9.17) is 5.73 Å². The van der Waals surface area contributed by atoms with E-state index in [0.717, 1.165) is 18.5 Å². The number of halogens is 1. The lowest BCUT2D eigenvalue weighted by Crippen LogP contribution is -2.42. The first kappa shape index (κ1) is 15.9. The molecule has 0 radical (unpaired) electrons. The Balaban J connectivity index is 0.00000256. The summed E-state index contributed by atoms with van der Waals surface area (Å²) >= 11 is 0. The predicted molar refractivity (Wildman–Crippen MR) is 73.0 cm³/mol. The average Bonchev–Trinajstić information content (AvgIpc) is 2.29.